The van der Waals surface area contributed by atoms with E-state index in [1.807, 2.05) is 6.92 Å². The molecular formula is C8H15NO2S. The largest absolute Gasteiger partial charge is 0.369 e. The average molecular weight is 189 g/mol. The van der Waals surface area contributed by atoms with Crippen molar-refractivity contribution in [3.05, 3.63) is 0 Å². The van der Waals surface area contributed by atoms with Crippen LogP contribution in [0, 0.1) is 5.92 Å². The number of carbonyl (C=O) groups excluding carboxylic acids is 2. The lowest BCUT2D eigenvalue weighted by molar-refractivity contribution is -0.131. The minimum absolute atomic E-state index is 0.0946. The Morgan fingerprint density at radius 3 is 2.42 bits per heavy atom. The Hall–Kier alpha value is -0.510. The summed E-state index contributed by atoms with van der Waals surface area (Å²) in [5.74, 6) is -1.22. The fourth-order valence-corrected chi connectivity index (χ4v) is 1.20. The second-order valence-electron chi connectivity index (χ2n) is 2.72. The zero-order valence-corrected chi connectivity index (χ0v) is 8.14. The highest BCUT2D eigenvalue weighted by Gasteiger charge is 2.21. The summed E-state index contributed by atoms with van der Waals surface area (Å²) in [6.07, 6.45) is 2.38. The standard InChI is InChI=1S/C8H15NO2S/c1-2-3-4-6(8(9)11)7(10)5-12/h6,12H,2-5H2,1H3,(H2,9,11). The van der Waals surface area contributed by atoms with Gasteiger partial charge in [-0.1, -0.05) is 19.8 Å². The van der Waals surface area contributed by atoms with Crippen molar-refractivity contribution in [1.82, 2.24) is 0 Å². The minimum Gasteiger partial charge on any atom is -0.369 e. The number of primary amides is 1. The van der Waals surface area contributed by atoms with Crippen LogP contribution in [0.1, 0.15) is 26.2 Å². The second-order valence-corrected chi connectivity index (χ2v) is 3.04. The summed E-state index contributed by atoms with van der Waals surface area (Å²) in [6.45, 7) is 2.00. The zero-order chi connectivity index (χ0) is 9.56. The van der Waals surface area contributed by atoms with Gasteiger partial charge in [0.15, 0.2) is 5.78 Å². The monoisotopic (exact) mass is 189 g/mol. The molecule has 0 aromatic rings. The third kappa shape index (κ3) is 3.76. The van der Waals surface area contributed by atoms with Crippen molar-refractivity contribution in [1.29, 1.82) is 0 Å². The number of thiol groups is 1. The van der Waals surface area contributed by atoms with Crippen LogP contribution in [0.4, 0.5) is 0 Å². The van der Waals surface area contributed by atoms with E-state index in [0.29, 0.717) is 6.42 Å². The zero-order valence-electron chi connectivity index (χ0n) is 7.25. The van der Waals surface area contributed by atoms with E-state index in [2.05, 4.69) is 12.6 Å². The highest BCUT2D eigenvalue weighted by Crippen LogP contribution is 2.09. The highest BCUT2D eigenvalue weighted by atomic mass is 32.1. The van der Waals surface area contributed by atoms with Crippen molar-refractivity contribution in [3.8, 4) is 0 Å². The SMILES string of the molecule is CCCCC(C(N)=O)C(=O)CS. The van der Waals surface area contributed by atoms with Crippen molar-refractivity contribution >= 4 is 24.3 Å². The lowest BCUT2D eigenvalue weighted by Gasteiger charge is -2.09. The van der Waals surface area contributed by atoms with Crippen LogP contribution in [0.15, 0.2) is 0 Å². The van der Waals surface area contributed by atoms with Crippen molar-refractivity contribution in [2.75, 3.05) is 5.75 Å². The number of rotatable bonds is 6. The molecule has 1 amide bonds. The molecule has 0 spiro atoms. The van der Waals surface area contributed by atoms with Crippen LogP contribution in [-0.2, 0) is 9.59 Å². The molecule has 0 heterocycles. The fourth-order valence-electron chi connectivity index (χ4n) is 0.980. The lowest BCUT2D eigenvalue weighted by Crippen LogP contribution is -2.31. The summed E-state index contributed by atoms with van der Waals surface area (Å²) in [4.78, 5) is 21.9. The Balaban J connectivity index is 4.04. The Kier molecular flexibility index (Phi) is 5.80. The van der Waals surface area contributed by atoms with Crippen LogP contribution >= 0.6 is 12.6 Å². The number of hydrogen-bond donors (Lipinski definition) is 2. The molecule has 1 unspecified atom stereocenters. The molecule has 12 heavy (non-hydrogen) atoms. The number of nitrogens with two attached hydrogens (primary N) is 1. The summed E-state index contributed by atoms with van der Waals surface area (Å²) in [5, 5.41) is 0. The third-order valence-corrected chi connectivity index (χ3v) is 2.05. The van der Waals surface area contributed by atoms with Gasteiger partial charge in [-0.3, -0.25) is 9.59 Å². The quantitative estimate of drug-likeness (QED) is 0.479. The molecule has 0 aromatic heterocycles. The first kappa shape index (κ1) is 11.5. The first-order valence-electron chi connectivity index (χ1n) is 4.06. The van der Waals surface area contributed by atoms with Gasteiger partial charge in [0, 0.05) is 0 Å². The van der Waals surface area contributed by atoms with E-state index in [9.17, 15) is 9.59 Å². The van der Waals surface area contributed by atoms with Crippen LogP contribution in [0.5, 0.6) is 0 Å². The van der Waals surface area contributed by atoms with Crippen LogP contribution in [-0.4, -0.2) is 17.4 Å². The van der Waals surface area contributed by atoms with Crippen molar-refractivity contribution in [2.45, 2.75) is 26.2 Å². The molecule has 0 saturated heterocycles. The molecular weight excluding hydrogens is 174 g/mol. The molecule has 0 radical (unpaired) electrons. The first-order chi connectivity index (χ1) is 5.63. The maximum Gasteiger partial charge on any atom is 0.228 e. The molecule has 4 heteroatoms. The molecule has 0 aliphatic rings. The summed E-state index contributed by atoms with van der Waals surface area (Å²) in [6, 6.07) is 0. The van der Waals surface area contributed by atoms with E-state index in [1.54, 1.807) is 0 Å². The smallest absolute Gasteiger partial charge is 0.228 e. The van der Waals surface area contributed by atoms with E-state index in [1.165, 1.54) is 0 Å². The molecule has 2 N–H and O–H groups in total. The van der Waals surface area contributed by atoms with Gasteiger partial charge in [-0.2, -0.15) is 12.6 Å². The van der Waals surface area contributed by atoms with Gasteiger partial charge in [-0.05, 0) is 6.42 Å². The average Bonchev–Trinajstić information content (AvgIpc) is 2.04. The van der Waals surface area contributed by atoms with Crippen molar-refractivity contribution < 1.29 is 9.59 Å². The lowest BCUT2D eigenvalue weighted by atomic mass is 9.98. The maximum atomic E-state index is 11.1. The van der Waals surface area contributed by atoms with E-state index in [0.717, 1.165) is 12.8 Å². The van der Waals surface area contributed by atoms with Gasteiger partial charge >= 0.3 is 0 Å². The predicted octanol–water partition coefficient (Wildman–Crippen LogP) is 0.777. The van der Waals surface area contributed by atoms with Crippen LogP contribution in [0.25, 0.3) is 0 Å². The van der Waals surface area contributed by atoms with Gasteiger partial charge in [0.25, 0.3) is 0 Å². The van der Waals surface area contributed by atoms with Crippen LogP contribution in [0.3, 0.4) is 0 Å². The number of unbranched alkanes of at least 4 members (excludes halogenated alkanes) is 1. The fraction of sp³-hybridized carbons (Fsp3) is 0.750. The molecule has 0 rings (SSSR count). The van der Waals surface area contributed by atoms with Gasteiger partial charge in [-0.25, -0.2) is 0 Å². The number of Topliss-reactive ketones (excluding diaryl/α,β-unsaturated/α-hetero) is 1. The van der Waals surface area contributed by atoms with E-state index < -0.39 is 11.8 Å². The molecule has 0 bridgehead atoms. The molecule has 1 atom stereocenters. The van der Waals surface area contributed by atoms with Gasteiger partial charge in [0.1, 0.15) is 0 Å². The normalized spacial score (nSPS) is 12.5. The summed E-state index contributed by atoms with van der Waals surface area (Å²) >= 11 is 3.81. The molecule has 3 nitrogen and oxygen atoms in total. The summed E-state index contributed by atoms with van der Waals surface area (Å²) in [5.41, 5.74) is 5.06. The van der Waals surface area contributed by atoms with Crippen molar-refractivity contribution in [2.24, 2.45) is 11.7 Å². The Morgan fingerprint density at radius 2 is 2.08 bits per heavy atom. The number of ketones is 1. The van der Waals surface area contributed by atoms with Crippen LogP contribution < -0.4 is 5.73 Å². The molecule has 0 aromatic carbocycles. The molecule has 0 aliphatic heterocycles. The maximum absolute atomic E-state index is 11.1. The van der Waals surface area contributed by atoms with E-state index in [-0.39, 0.29) is 11.5 Å². The number of amides is 1. The highest BCUT2D eigenvalue weighted by molar-refractivity contribution is 7.81. The molecule has 0 fully saturated rings. The first-order valence-corrected chi connectivity index (χ1v) is 4.69. The van der Waals surface area contributed by atoms with Crippen LogP contribution in [0.2, 0.25) is 0 Å². The van der Waals surface area contributed by atoms with Gasteiger partial charge in [0.2, 0.25) is 5.91 Å². The molecule has 0 aliphatic carbocycles. The van der Waals surface area contributed by atoms with E-state index in [4.69, 9.17) is 5.73 Å². The second kappa shape index (κ2) is 6.06. The van der Waals surface area contributed by atoms with Crippen molar-refractivity contribution in [3.63, 3.8) is 0 Å². The number of carbonyl (C=O) groups is 2. The Bertz CT molecular complexity index is 170. The van der Waals surface area contributed by atoms with E-state index >= 15 is 0 Å². The topological polar surface area (TPSA) is 60.2 Å². The van der Waals surface area contributed by atoms with Gasteiger partial charge in [0.05, 0.1) is 11.7 Å². The van der Waals surface area contributed by atoms with Gasteiger partial charge in [-0.15, -0.1) is 0 Å². The molecule has 70 valence electrons. The Labute approximate surface area is 78.1 Å². The van der Waals surface area contributed by atoms with Gasteiger partial charge < -0.3 is 5.73 Å². The predicted molar refractivity (Wildman–Crippen MR) is 51.1 cm³/mol. The summed E-state index contributed by atoms with van der Waals surface area (Å²) < 4.78 is 0. The summed E-state index contributed by atoms with van der Waals surface area (Å²) in [7, 11) is 0. The minimum atomic E-state index is -0.623. The number of hydrogen-bond acceptors (Lipinski definition) is 3. The Morgan fingerprint density at radius 1 is 1.50 bits per heavy atom. The molecule has 0 saturated carbocycles. The third-order valence-electron chi connectivity index (χ3n) is 1.73.